The van der Waals surface area contributed by atoms with Crippen LogP contribution in [0.2, 0.25) is 0 Å². The van der Waals surface area contributed by atoms with E-state index < -0.39 is 0 Å². The lowest BCUT2D eigenvalue weighted by Crippen LogP contribution is -2.41. The van der Waals surface area contributed by atoms with Gasteiger partial charge in [-0.2, -0.15) is 0 Å². The van der Waals surface area contributed by atoms with Gasteiger partial charge in [-0.15, -0.1) is 11.8 Å². The zero-order chi connectivity index (χ0) is 22.2. The summed E-state index contributed by atoms with van der Waals surface area (Å²) in [5, 5.41) is 5.66. The van der Waals surface area contributed by atoms with Crippen molar-refractivity contribution in [3.8, 4) is 0 Å². The number of hydrogen-bond acceptors (Lipinski definition) is 5. The molecule has 1 aliphatic heterocycles. The van der Waals surface area contributed by atoms with Crippen molar-refractivity contribution in [2.24, 2.45) is 0 Å². The van der Waals surface area contributed by atoms with Gasteiger partial charge in [-0.05, 0) is 43.7 Å². The lowest BCUT2D eigenvalue weighted by Gasteiger charge is -2.27. The van der Waals surface area contributed by atoms with Crippen LogP contribution >= 0.6 is 11.8 Å². The maximum atomic E-state index is 12.8. The number of carbonyl (C=O) groups excluding carboxylic acids is 3. The van der Waals surface area contributed by atoms with Crippen LogP contribution in [0, 0.1) is 13.8 Å². The molecule has 31 heavy (non-hydrogen) atoms. The first-order valence-electron chi connectivity index (χ1n) is 10.1. The third kappa shape index (κ3) is 6.57. The quantitative estimate of drug-likeness (QED) is 0.690. The van der Waals surface area contributed by atoms with Gasteiger partial charge in [-0.1, -0.05) is 23.8 Å². The number of ether oxygens (including phenoxy) is 1. The van der Waals surface area contributed by atoms with Crippen molar-refractivity contribution in [2.45, 2.75) is 13.8 Å². The van der Waals surface area contributed by atoms with Crippen LogP contribution < -0.4 is 10.6 Å². The second-order valence-electron chi connectivity index (χ2n) is 7.34. The Labute approximate surface area is 186 Å². The lowest BCUT2D eigenvalue weighted by atomic mass is 10.1. The summed E-state index contributed by atoms with van der Waals surface area (Å²) in [6.45, 7) is 6.01. The van der Waals surface area contributed by atoms with Crippen molar-refractivity contribution in [2.75, 3.05) is 48.4 Å². The van der Waals surface area contributed by atoms with Crippen molar-refractivity contribution < 1.29 is 19.1 Å². The molecule has 1 saturated heterocycles. The first kappa shape index (κ1) is 22.8. The van der Waals surface area contributed by atoms with Crippen LogP contribution in [0.1, 0.15) is 21.5 Å². The molecule has 1 fully saturated rings. The van der Waals surface area contributed by atoms with Crippen LogP contribution in [-0.2, 0) is 14.3 Å². The molecule has 0 aromatic heterocycles. The summed E-state index contributed by atoms with van der Waals surface area (Å²) < 4.78 is 5.30. The number of carbonyl (C=O) groups is 3. The molecule has 0 unspecified atom stereocenters. The fraction of sp³-hybridized carbons (Fsp3) is 0.348. The van der Waals surface area contributed by atoms with Crippen LogP contribution in [0.15, 0.2) is 42.5 Å². The molecule has 2 N–H and O–H groups in total. The topological polar surface area (TPSA) is 87.7 Å². The van der Waals surface area contributed by atoms with E-state index in [4.69, 9.17) is 4.74 Å². The molecule has 0 bridgehead atoms. The van der Waals surface area contributed by atoms with Crippen LogP contribution in [0.4, 0.5) is 11.4 Å². The second-order valence-corrected chi connectivity index (χ2v) is 8.32. The van der Waals surface area contributed by atoms with Gasteiger partial charge in [0.1, 0.15) is 0 Å². The van der Waals surface area contributed by atoms with E-state index >= 15 is 0 Å². The van der Waals surface area contributed by atoms with E-state index in [1.807, 2.05) is 38.1 Å². The number of benzene rings is 2. The van der Waals surface area contributed by atoms with Gasteiger partial charge in [-0.25, -0.2) is 0 Å². The van der Waals surface area contributed by atoms with E-state index in [1.165, 1.54) is 11.8 Å². The molecular weight excluding hydrogens is 414 g/mol. The minimum absolute atomic E-state index is 0.0564. The van der Waals surface area contributed by atoms with Crippen LogP contribution in [-0.4, -0.2) is 60.4 Å². The first-order valence-corrected chi connectivity index (χ1v) is 11.3. The van der Waals surface area contributed by atoms with Gasteiger partial charge in [0.15, 0.2) is 0 Å². The number of nitrogens with zero attached hydrogens (tertiary/aromatic N) is 1. The van der Waals surface area contributed by atoms with Crippen molar-refractivity contribution >= 4 is 40.9 Å². The minimum atomic E-state index is -0.216. The van der Waals surface area contributed by atoms with Crippen molar-refractivity contribution in [3.05, 3.63) is 59.2 Å². The summed E-state index contributed by atoms with van der Waals surface area (Å²) in [5.41, 5.74) is 3.76. The average molecular weight is 442 g/mol. The van der Waals surface area contributed by atoms with E-state index in [2.05, 4.69) is 10.6 Å². The molecule has 1 heterocycles. The third-order valence-electron chi connectivity index (χ3n) is 4.94. The summed E-state index contributed by atoms with van der Waals surface area (Å²) in [7, 11) is 0. The molecule has 2 aromatic carbocycles. The average Bonchev–Trinajstić information content (AvgIpc) is 2.77. The summed E-state index contributed by atoms with van der Waals surface area (Å²) >= 11 is 1.24. The van der Waals surface area contributed by atoms with Gasteiger partial charge in [0.2, 0.25) is 11.8 Å². The highest BCUT2D eigenvalue weighted by molar-refractivity contribution is 8.00. The van der Waals surface area contributed by atoms with Crippen molar-refractivity contribution in [1.82, 2.24) is 4.90 Å². The first-order chi connectivity index (χ1) is 14.9. The fourth-order valence-corrected chi connectivity index (χ4v) is 3.81. The zero-order valence-electron chi connectivity index (χ0n) is 17.8. The van der Waals surface area contributed by atoms with E-state index in [-0.39, 0.29) is 29.2 Å². The van der Waals surface area contributed by atoms with Crippen molar-refractivity contribution in [1.29, 1.82) is 0 Å². The van der Waals surface area contributed by atoms with Gasteiger partial charge < -0.3 is 20.3 Å². The third-order valence-corrected chi connectivity index (χ3v) is 5.87. The molecule has 164 valence electrons. The number of aryl methyl sites for hydroxylation is 1. The SMILES string of the molecule is Cc1ccc(NC(=O)CSCC(=O)Nc2cccc(C(=O)N3CCOCC3)c2C)cc1. The number of rotatable bonds is 7. The number of thioether (sulfide) groups is 1. The summed E-state index contributed by atoms with van der Waals surface area (Å²) in [6.07, 6.45) is 0. The summed E-state index contributed by atoms with van der Waals surface area (Å²) in [4.78, 5) is 38.9. The summed E-state index contributed by atoms with van der Waals surface area (Å²) in [6, 6.07) is 12.9. The molecule has 7 nitrogen and oxygen atoms in total. The lowest BCUT2D eigenvalue weighted by molar-refractivity contribution is -0.114. The minimum Gasteiger partial charge on any atom is -0.378 e. The molecule has 0 aliphatic carbocycles. The van der Waals surface area contributed by atoms with Gasteiger partial charge in [0, 0.05) is 30.0 Å². The van der Waals surface area contributed by atoms with Crippen LogP contribution in [0.3, 0.4) is 0 Å². The van der Waals surface area contributed by atoms with Crippen LogP contribution in [0.25, 0.3) is 0 Å². The Morgan fingerprint density at radius 2 is 1.58 bits per heavy atom. The predicted octanol–water partition coefficient (Wildman–Crippen LogP) is 3.09. The van der Waals surface area contributed by atoms with E-state index in [0.29, 0.717) is 37.6 Å². The summed E-state index contributed by atoms with van der Waals surface area (Å²) in [5.74, 6) is -0.111. The predicted molar refractivity (Wildman–Crippen MR) is 124 cm³/mol. The van der Waals surface area contributed by atoms with Gasteiger partial charge in [-0.3, -0.25) is 14.4 Å². The molecule has 0 radical (unpaired) electrons. The zero-order valence-corrected chi connectivity index (χ0v) is 18.6. The van der Waals surface area contributed by atoms with E-state index in [9.17, 15) is 14.4 Å². The number of amides is 3. The fourth-order valence-electron chi connectivity index (χ4n) is 3.20. The van der Waals surface area contributed by atoms with E-state index in [1.54, 1.807) is 23.1 Å². The Kier molecular flexibility index (Phi) is 8.08. The Morgan fingerprint density at radius 1 is 0.935 bits per heavy atom. The number of nitrogens with one attached hydrogen (secondary N) is 2. The highest BCUT2D eigenvalue weighted by atomic mass is 32.2. The van der Waals surface area contributed by atoms with Crippen molar-refractivity contribution in [3.63, 3.8) is 0 Å². The Hall–Kier alpha value is -2.84. The van der Waals surface area contributed by atoms with Gasteiger partial charge >= 0.3 is 0 Å². The molecular formula is C23H27N3O4S. The highest BCUT2D eigenvalue weighted by Gasteiger charge is 2.21. The molecule has 2 aromatic rings. The normalized spacial score (nSPS) is 13.5. The maximum absolute atomic E-state index is 12.8. The highest BCUT2D eigenvalue weighted by Crippen LogP contribution is 2.21. The smallest absolute Gasteiger partial charge is 0.254 e. The van der Waals surface area contributed by atoms with Crippen LogP contribution in [0.5, 0.6) is 0 Å². The van der Waals surface area contributed by atoms with Gasteiger partial charge in [0.25, 0.3) is 5.91 Å². The molecule has 0 saturated carbocycles. The number of hydrogen-bond donors (Lipinski definition) is 2. The maximum Gasteiger partial charge on any atom is 0.254 e. The molecule has 3 rings (SSSR count). The Bertz CT molecular complexity index is 940. The Morgan fingerprint density at radius 3 is 2.26 bits per heavy atom. The Balaban J connectivity index is 1.49. The molecule has 0 atom stereocenters. The monoisotopic (exact) mass is 441 g/mol. The molecule has 0 spiro atoms. The number of morpholine rings is 1. The van der Waals surface area contributed by atoms with E-state index in [0.717, 1.165) is 16.8 Å². The second kappa shape index (κ2) is 11.0. The standard InChI is InChI=1S/C23H27N3O4S/c1-16-6-8-18(9-7-16)24-21(27)14-31-15-22(28)25-20-5-3-4-19(17(20)2)23(29)26-10-12-30-13-11-26/h3-9H,10-15H2,1-2H3,(H,24,27)(H,25,28). The largest absolute Gasteiger partial charge is 0.378 e. The molecule has 1 aliphatic rings. The molecule has 3 amide bonds. The number of anilines is 2. The van der Waals surface area contributed by atoms with Gasteiger partial charge in [0.05, 0.1) is 24.7 Å². The molecule has 8 heteroatoms.